The zero-order valence-corrected chi connectivity index (χ0v) is 20.5. The molecule has 3 N–H and O–H groups in total. The van der Waals surface area contributed by atoms with Gasteiger partial charge in [-0.25, -0.2) is 4.39 Å². The van der Waals surface area contributed by atoms with E-state index >= 15 is 4.39 Å². The second kappa shape index (κ2) is 10.9. The third kappa shape index (κ3) is 5.35. The second-order valence-corrected chi connectivity index (χ2v) is 9.59. The van der Waals surface area contributed by atoms with Crippen LogP contribution in [0.4, 0.5) is 10.1 Å². The van der Waals surface area contributed by atoms with Crippen LogP contribution >= 0.6 is 0 Å². The molecule has 1 heterocycles. The number of phenolic OH excluding ortho intramolecular Hbond substituents is 1. The maximum Gasteiger partial charge on any atom is 0.248 e. The van der Waals surface area contributed by atoms with Gasteiger partial charge in [-0.15, -0.1) is 0 Å². The lowest BCUT2D eigenvalue weighted by Gasteiger charge is -2.33. The zero-order valence-electron chi connectivity index (χ0n) is 20.5. The van der Waals surface area contributed by atoms with Gasteiger partial charge in [-0.05, 0) is 54.3 Å². The molecule has 0 aliphatic heterocycles. The van der Waals surface area contributed by atoms with E-state index < -0.39 is 17.8 Å². The Hall–Kier alpha value is -4.13. The summed E-state index contributed by atoms with van der Waals surface area (Å²) in [5.41, 5.74) is 2.18. The third-order valence-electron chi connectivity index (χ3n) is 7.06. The predicted molar refractivity (Wildman–Crippen MR) is 142 cm³/mol. The highest BCUT2D eigenvalue weighted by Gasteiger charge is 2.35. The van der Waals surface area contributed by atoms with Crippen molar-refractivity contribution in [2.45, 2.75) is 50.6 Å². The smallest absolute Gasteiger partial charge is 0.248 e. The van der Waals surface area contributed by atoms with Gasteiger partial charge >= 0.3 is 0 Å². The lowest BCUT2D eigenvalue weighted by molar-refractivity contribution is -0.127. The second-order valence-electron chi connectivity index (χ2n) is 9.59. The molecule has 0 unspecified atom stereocenters. The number of fused-ring (bicyclic) bond motifs is 1. The molecule has 1 atom stereocenters. The minimum Gasteiger partial charge on any atom is -0.508 e. The van der Waals surface area contributed by atoms with Crippen LogP contribution in [0.1, 0.15) is 49.3 Å². The highest BCUT2D eigenvalue weighted by atomic mass is 19.1. The molecule has 0 saturated heterocycles. The summed E-state index contributed by atoms with van der Waals surface area (Å²) in [6.07, 6.45) is 6.70. The Bertz CT molecular complexity index is 1390. The van der Waals surface area contributed by atoms with Gasteiger partial charge in [0.15, 0.2) is 0 Å². The first kappa shape index (κ1) is 24.6. The molecule has 1 aromatic heterocycles. The third-order valence-corrected chi connectivity index (χ3v) is 7.06. The van der Waals surface area contributed by atoms with Crippen molar-refractivity contribution in [3.8, 4) is 5.75 Å². The van der Waals surface area contributed by atoms with E-state index in [4.69, 9.17) is 0 Å². The van der Waals surface area contributed by atoms with Crippen LogP contribution in [0.25, 0.3) is 10.9 Å². The van der Waals surface area contributed by atoms with Crippen molar-refractivity contribution in [1.82, 2.24) is 10.3 Å². The van der Waals surface area contributed by atoms with Gasteiger partial charge in [-0.3, -0.25) is 14.5 Å². The molecule has 0 bridgehead atoms. The monoisotopic (exact) mass is 499 g/mol. The molecule has 1 fully saturated rings. The van der Waals surface area contributed by atoms with E-state index in [1.807, 2.05) is 24.3 Å². The summed E-state index contributed by atoms with van der Waals surface area (Å²) in [6, 6.07) is 18.7. The Balaban J connectivity index is 1.57. The molecule has 37 heavy (non-hydrogen) atoms. The molecule has 0 radical (unpaired) electrons. The molecule has 1 aliphatic carbocycles. The minimum atomic E-state index is -1.11. The van der Waals surface area contributed by atoms with Crippen LogP contribution in [-0.2, 0) is 16.0 Å². The topological polar surface area (TPSA) is 85.4 Å². The number of benzene rings is 3. The normalized spacial score (nSPS) is 14.8. The number of carbonyl (C=O) groups excluding carboxylic acids is 2. The largest absolute Gasteiger partial charge is 0.508 e. The van der Waals surface area contributed by atoms with Crippen LogP contribution in [0.5, 0.6) is 5.75 Å². The first-order chi connectivity index (χ1) is 18.0. The van der Waals surface area contributed by atoms with Crippen molar-refractivity contribution in [3.63, 3.8) is 0 Å². The fourth-order valence-electron chi connectivity index (χ4n) is 5.19. The number of carbonyl (C=O) groups is 2. The van der Waals surface area contributed by atoms with Gasteiger partial charge in [0.2, 0.25) is 11.8 Å². The number of aromatic amines is 1. The molecule has 7 heteroatoms. The van der Waals surface area contributed by atoms with Crippen LogP contribution in [-0.4, -0.2) is 27.9 Å². The summed E-state index contributed by atoms with van der Waals surface area (Å²) in [5.74, 6) is -1.33. The summed E-state index contributed by atoms with van der Waals surface area (Å²) in [5, 5.41) is 13.9. The van der Waals surface area contributed by atoms with Crippen molar-refractivity contribution in [3.05, 3.63) is 95.9 Å². The Morgan fingerprint density at radius 3 is 2.43 bits per heavy atom. The Morgan fingerprint density at radius 2 is 1.68 bits per heavy atom. The molecular weight excluding hydrogens is 469 g/mol. The number of amides is 2. The number of hydrogen-bond donors (Lipinski definition) is 3. The number of aromatic nitrogens is 1. The van der Waals surface area contributed by atoms with Gasteiger partial charge in [0.1, 0.15) is 17.6 Å². The van der Waals surface area contributed by atoms with Gasteiger partial charge in [-0.2, -0.15) is 0 Å². The van der Waals surface area contributed by atoms with E-state index in [1.54, 1.807) is 30.5 Å². The number of nitrogens with zero attached hydrogens (tertiary/aromatic N) is 1. The maximum atomic E-state index is 15.2. The maximum absolute atomic E-state index is 15.2. The molecule has 1 saturated carbocycles. The first-order valence-electron chi connectivity index (χ1n) is 12.7. The molecule has 6 nitrogen and oxygen atoms in total. The minimum absolute atomic E-state index is 0.00653. The van der Waals surface area contributed by atoms with Gasteiger partial charge in [-0.1, -0.05) is 61.7 Å². The van der Waals surface area contributed by atoms with Crippen LogP contribution in [0.15, 0.2) is 79.0 Å². The summed E-state index contributed by atoms with van der Waals surface area (Å²) in [6.45, 7) is 0. The molecule has 1 aliphatic rings. The van der Waals surface area contributed by atoms with E-state index in [9.17, 15) is 14.7 Å². The summed E-state index contributed by atoms with van der Waals surface area (Å²) in [4.78, 5) is 32.3. The fourth-order valence-corrected chi connectivity index (χ4v) is 5.19. The molecule has 2 amide bonds. The fraction of sp³-hybridized carbons (Fsp3) is 0.267. The summed E-state index contributed by atoms with van der Waals surface area (Å²) in [7, 11) is 0. The van der Waals surface area contributed by atoms with Crippen LogP contribution in [0, 0.1) is 5.82 Å². The molecule has 3 aromatic carbocycles. The van der Waals surface area contributed by atoms with Gasteiger partial charge in [0.05, 0.1) is 12.1 Å². The average molecular weight is 500 g/mol. The van der Waals surface area contributed by atoms with Crippen molar-refractivity contribution < 1.29 is 19.1 Å². The average Bonchev–Trinajstić information content (AvgIpc) is 3.31. The zero-order chi connectivity index (χ0) is 25.8. The van der Waals surface area contributed by atoms with Crippen molar-refractivity contribution in [2.24, 2.45) is 0 Å². The molecule has 190 valence electrons. The van der Waals surface area contributed by atoms with Crippen molar-refractivity contribution in [1.29, 1.82) is 0 Å². The SMILES string of the molecule is O=C(NC1CCCCC1)[C@@H](c1ccc(O)cc1)N(C(=O)Cc1c[nH]c2ccccc12)c1ccccc1F. The highest BCUT2D eigenvalue weighted by molar-refractivity contribution is 6.03. The number of phenols is 1. The van der Waals surface area contributed by atoms with Crippen LogP contribution < -0.4 is 10.2 Å². The van der Waals surface area contributed by atoms with Crippen molar-refractivity contribution in [2.75, 3.05) is 4.90 Å². The quantitative estimate of drug-likeness (QED) is 0.301. The Morgan fingerprint density at radius 1 is 0.973 bits per heavy atom. The van der Waals surface area contributed by atoms with Gasteiger partial charge in [0.25, 0.3) is 0 Å². The van der Waals surface area contributed by atoms with Crippen LogP contribution in [0.2, 0.25) is 0 Å². The van der Waals surface area contributed by atoms with Crippen LogP contribution in [0.3, 0.4) is 0 Å². The Labute approximate surface area is 215 Å². The number of H-pyrrole nitrogens is 1. The lowest BCUT2D eigenvalue weighted by atomic mass is 9.94. The number of aromatic hydroxyl groups is 1. The van der Waals surface area contributed by atoms with E-state index in [-0.39, 0.29) is 29.8 Å². The molecule has 0 spiro atoms. The number of halogens is 1. The molecule has 4 aromatic rings. The first-order valence-corrected chi connectivity index (χ1v) is 12.7. The number of anilines is 1. The lowest BCUT2D eigenvalue weighted by Crippen LogP contribution is -2.48. The summed E-state index contributed by atoms with van der Waals surface area (Å²) >= 11 is 0. The van der Waals surface area contributed by atoms with E-state index in [0.29, 0.717) is 5.56 Å². The molecular formula is C30H30FN3O3. The van der Waals surface area contributed by atoms with E-state index in [0.717, 1.165) is 48.6 Å². The summed E-state index contributed by atoms with van der Waals surface area (Å²) < 4.78 is 15.2. The van der Waals surface area contributed by atoms with Gasteiger partial charge in [0, 0.05) is 23.1 Å². The van der Waals surface area contributed by atoms with Gasteiger partial charge < -0.3 is 15.4 Å². The number of para-hydroxylation sites is 2. The van der Waals surface area contributed by atoms with E-state index in [2.05, 4.69) is 10.3 Å². The standard InChI is InChI=1S/C30H30FN3O3/c31-25-11-5-7-13-27(25)34(28(36)18-21-19-32-26-12-6-4-10-24(21)26)29(20-14-16-23(35)17-15-20)30(37)33-22-8-2-1-3-9-22/h4-7,10-17,19,22,29,32,35H,1-3,8-9,18H2,(H,33,37)/t29-/m1/s1. The number of nitrogens with one attached hydrogen (secondary N) is 2. The number of hydrogen-bond acceptors (Lipinski definition) is 3. The number of rotatable bonds is 7. The van der Waals surface area contributed by atoms with Crippen molar-refractivity contribution >= 4 is 28.4 Å². The highest BCUT2D eigenvalue weighted by Crippen LogP contribution is 2.33. The molecule has 5 rings (SSSR count). The predicted octanol–water partition coefficient (Wildman–Crippen LogP) is 5.78. The Kier molecular flexibility index (Phi) is 7.21. The van der Waals surface area contributed by atoms with E-state index in [1.165, 1.54) is 29.2 Å².